The van der Waals surface area contributed by atoms with E-state index in [2.05, 4.69) is 9.40 Å². The van der Waals surface area contributed by atoms with Crippen LogP contribution in [0.5, 0.6) is 0 Å². The van der Waals surface area contributed by atoms with Gasteiger partial charge in [-0.1, -0.05) is 12.1 Å². The average Bonchev–Trinajstić information content (AvgIpc) is 2.79. The molecule has 102 valence electrons. The van der Waals surface area contributed by atoms with Crippen molar-refractivity contribution in [2.75, 3.05) is 0 Å². The first-order valence-electron chi connectivity index (χ1n) is 4.87. The molecule has 0 atom stereocenters. The number of halogens is 6. The Kier molecular flexibility index (Phi) is 3.03. The van der Waals surface area contributed by atoms with Crippen LogP contribution in [0.1, 0.15) is 11.1 Å². The van der Waals surface area contributed by atoms with Crippen LogP contribution in [0.3, 0.4) is 0 Å². The highest BCUT2D eigenvalue weighted by Gasteiger charge is 2.45. The van der Waals surface area contributed by atoms with E-state index in [1.165, 1.54) is 0 Å². The zero-order chi connectivity index (χ0) is 14.3. The van der Waals surface area contributed by atoms with E-state index in [0.717, 1.165) is 24.8 Å². The van der Waals surface area contributed by atoms with Gasteiger partial charge in [-0.3, -0.25) is 0 Å². The third-order valence-electron chi connectivity index (χ3n) is 2.36. The van der Waals surface area contributed by atoms with Crippen molar-refractivity contribution in [1.82, 2.24) is 4.98 Å². The summed E-state index contributed by atoms with van der Waals surface area (Å²) in [6.07, 6.45) is -8.56. The van der Waals surface area contributed by atoms with Gasteiger partial charge in [-0.15, -0.1) is 0 Å². The molecule has 19 heavy (non-hydrogen) atoms. The second-order valence-electron chi connectivity index (χ2n) is 3.60. The van der Waals surface area contributed by atoms with Gasteiger partial charge in [0, 0.05) is 5.56 Å². The maximum Gasteiger partial charge on any atom is 0.417 e. The fourth-order valence-corrected chi connectivity index (χ4v) is 1.65. The number of alkyl halides is 6. The fourth-order valence-electron chi connectivity index (χ4n) is 1.65. The van der Waals surface area contributed by atoms with Crippen molar-refractivity contribution in [2.24, 2.45) is 0 Å². The van der Waals surface area contributed by atoms with Gasteiger partial charge >= 0.3 is 12.4 Å². The molecule has 0 spiro atoms. The molecule has 0 aliphatic carbocycles. The van der Waals surface area contributed by atoms with Crippen LogP contribution in [-0.2, 0) is 12.4 Å². The van der Waals surface area contributed by atoms with E-state index in [4.69, 9.17) is 0 Å². The van der Waals surface area contributed by atoms with Crippen molar-refractivity contribution in [3.05, 3.63) is 42.0 Å². The Bertz CT molecular complexity index is 570. The van der Waals surface area contributed by atoms with Crippen LogP contribution < -0.4 is 0 Å². The van der Waals surface area contributed by atoms with E-state index in [-0.39, 0.29) is 5.69 Å². The van der Waals surface area contributed by atoms with Gasteiger partial charge in [-0.2, -0.15) is 26.3 Å². The summed E-state index contributed by atoms with van der Waals surface area (Å²) >= 11 is 0. The molecule has 8 heteroatoms. The molecule has 1 aromatic carbocycles. The van der Waals surface area contributed by atoms with Crippen LogP contribution in [0.25, 0.3) is 11.3 Å². The van der Waals surface area contributed by atoms with E-state index >= 15 is 0 Å². The van der Waals surface area contributed by atoms with E-state index in [1.807, 2.05) is 0 Å². The lowest BCUT2D eigenvalue weighted by Crippen LogP contribution is -2.17. The van der Waals surface area contributed by atoms with Gasteiger partial charge in [0.15, 0.2) is 6.39 Å². The maximum atomic E-state index is 12.9. The highest BCUT2D eigenvalue weighted by atomic mass is 19.4. The Labute approximate surface area is 102 Å². The minimum absolute atomic E-state index is 0.307. The van der Waals surface area contributed by atoms with Crippen molar-refractivity contribution in [3.63, 3.8) is 0 Å². The Hall–Kier alpha value is -1.99. The van der Waals surface area contributed by atoms with Crippen LogP contribution >= 0.6 is 0 Å². The first-order valence-corrected chi connectivity index (χ1v) is 4.87. The van der Waals surface area contributed by atoms with Crippen LogP contribution in [-0.4, -0.2) is 4.98 Å². The van der Waals surface area contributed by atoms with Crippen LogP contribution in [0.2, 0.25) is 0 Å². The lowest BCUT2D eigenvalue weighted by atomic mass is 9.98. The van der Waals surface area contributed by atoms with Crippen molar-refractivity contribution in [3.8, 4) is 11.3 Å². The maximum absolute atomic E-state index is 12.9. The number of benzene rings is 1. The first-order chi connectivity index (χ1) is 8.71. The van der Waals surface area contributed by atoms with Crippen LogP contribution in [0, 0.1) is 0 Å². The van der Waals surface area contributed by atoms with E-state index < -0.39 is 29.0 Å². The summed E-state index contributed by atoms with van der Waals surface area (Å²) in [6, 6.07) is 2.18. The van der Waals surface area contributed by atoms with Gasteiger partial charge in [-0.05, 0) is 6.07 Å². The SMILES string of the molecule is FC(F)(F)c1cccc(-c2cocn2)c1C(F)(F)F. The molecule has 0 amide bonds. The van der Waals surface area contributed by atoms with Crippen LogP contribution in [0.15, 0.2) is 35.3 Å². The summed E-state index contributed by atoms with van der Waals surface area (Å²) in [7, 11) is 0. The highest BCUT2D eigenvalue weighted by molar-refractivity contribution is 5.65. The molecule has 1 heterocycles. The number of oxazole rings is 1. The molecular formula is C11H5F6NO. The van der Waals surface area contributed by atoms with Crippen molar-refractivity contribution in [2.45, 2.75) is 12.4 Å². The topological polar surface area (TPSA) is 26.0 Å². The predicted octanol–water partition coefficient (Wildman–Crippen LogP) is 4.38. The number of aromatic nitrogens is 1. The minimum Gasteiger partial charge on any atom is -0.451 e. The molecule has 0 unspecified atom stereocenters. The molecule has 0 radical (unpaired) electrons. The zero-order valence-electron chi connectivity index (χ0n) is 9.01. The van der Waals surface area contributed by atoms with Crippen molar-refractivity contribution >= 4 is 0 Å². The summed E-state index contributed by atoms with van der Waals surface area (Å²) in [5, 5.41) is 0. The quantitative estimate of drug-likeness (QED) is 0.725. The lowest BCUT2D eigenvalue weighted by molar-refractivity contribution is -0.161. The molecule has 0 N–H and O–H groups in total. The van der Waals surface area contributed by atoms with Gasteiger partial charge in [0.2, 0.25) is 0 Å². The molecule has 1 aromatic heterocycles. The van der Waals surface area contributed by atoms with Crippen LogP contribution in [0.4, 0.5) is 26.3 Å². The Morgan fingerprint density at radius 1 is 0.947 bits per heavy atom. The number of rotatable bonds is 1. The molecule has 0 saturated carbocycles. The van der Waals surface area contributed by atoms with Gasteiger partial charge in [-0.25, -0.2) is 4.98 Å². The van der Waals surface area contributed by atoms with E-state index in [9.17, 15) is 26.3 Å². The molecule has 2 aromatic rings. The zero-order valence-corrected chi connectivity index (χ0v) is 9.01. The molecule has 2 nitrogen and oxygen atoms in total. The second-order valence-corrected chi connectivity index (χ2v) is 3.60. The molecule has 0 bridgehead atoms. The minimum atomic E-state index is -5.15. The summed E-state index contributed by atoms with van der Waals surface area (Å²) in [6.45, 7) is 0. The summed E-state index contributed by atoms with van der Waals surface area (Å²) in [4.78, 5) is 3.45. The fraction of sp³-hybridized carbons (Fsp3) is 0.182. The van der Waals surface area contributed by atoms with Gasteiger partial charge in [0.25, 0.3) is 0 Å². The van der Waals surface area contributed by atoms with Crippen molar-refractivity contribution < 1.29 is 30.8 Å². The lowest BCUT2D eigenvalue weighted by Gasteiger charge is -2.18. The molecular weight excluding hydrogens is 276 g/mol. The van der Waals surface area contributed by atoms with E-state index in [1.54, 1.807) is 0 Å². The third kappa shape index (κ3) is 2.56. The Morgan fingerprint density at radius 2 is 1.63 bits per heavy atom. The monoisotopic (exact) mass is 281 g/mol. The van der Waals surface area contributed by atoms with Gasteiger partial charge < -0.3 is 4.42 Å². The second kappa shape index (κ2) is 4.29. The molecule has 0 fully saturated rings. The number of nitrogens with zero attached hydrogens (tertiary/aromatic N) is 1. The summed E-state index contributed by atoms with van der Waals surface area (Å²) in [5.74, 6) is 0. The normalized spacial score (nSPS) is 12.7. The Balaban J connectivity index is 2.76. The van der Waals surface area contributed by atoms with E-state index in [0.29, 0.717) is 6.07 Å². The molecule has 0 aliphatic rings. The first kappa shape index (κ1) is 13.4. The van der Waals surface area contributed by atoms with Gasteiger partial charge in [0.05, 0.1) is 11.1 Å². The van der Waals surface area contributed by atoms with Crippen molar-refractivity contribution in [1.29, 1.82) is 0 Å². The summed E-state index contributed by atoms with van der Waals surface area (Å²) < 4.78 is 81.1. The molecule has 0 saturated heterocycles. The standard InChI is InChI=1S/C11H5F6NO/c12-10(13,14)7-3-1-2-6(8-4-19-5-18-8)9(7)11(15,16)17/h1-5H. The average molecular weight is 281 g/mol. The Morgan fingerprint density at radius 3 is 2.11 bits per heavy atom. The highest BCUT2D eigenvalue weighted by Crippen LogP contribution is 2.44. The smallest absolute Gasteiger partial charge is 0.417 e. The number of hydrogen-bond donors (Lipinski definition) is 0. The summed E-state index contributed by atoms with van der Waals surface area (Å²) in [5.41, 5.74) is -4.49. The third-order valence-corrected chi connectivity index (χ3v) is 2.36. The van der Waals surface area contributed by atoms with Gasteiger partial charge in [0.1, 0.15) is 12.0 Å². The predicted molar refractivity (Wildman–Crippen MR) is 51.9 cm³/mol. The largest absolute Gasteiger partial charge is 0.451 e. The molecule has 2 rings (SSSR count). The number of hydrogen-bond acceptors (Lipinski definition) is 2. The molecule has 0 aliphatic heterocycles.